The van der Waals surface area contributed by atoms with Crippen molar-refractivity contribution in [2.45, 2.75) is 64.4 Å². The summed E-state index contributed by atoms with van der Waals surface area (Å²) in [5.74, 6) is 0.441. The minimum Gasteiger partial charge on any atom is -0.462 e. The minimum atomic E-state index is -0.465. The van der Waals surface area contributed by atoms with Crippen LogP contribution in [0.2, 0.25) is 0 Å². The van der Waals surface area contributed by atoms with Crippen LogP contribution in [0.5, 0.6) is 5.75 Å². The number of hydrazone groups is 1. The number of rotatable bonds is 2. The van der Waals surface area contributed by atoms with Gasteiger partial charge < -0.3 is 9.47 Å². The SMILES string of the molecule is CC1C(=O)NN=C(c2ccc3c(c2)COC2(CCN(C4CCC4)CC2)O3)C1C. The molecular weight excluding hydrogens is 354 g/mol. The molecular formula is C22H29N3O3. The molecule has 2 unspecified atom stereocenters. The molecule has 4 aliphatic rings. The van der Waals surface area contributed by atoms with Crippen LogP contribution < -0.4 is 10.2 Å². The van der Waals surface area contributed by atoms with Crippen molar-refractivity contribution in [3.63, 3.8) is 0 Å². The quantitative estimate of drug-likeness (QED) is 0.853. The number of carbonyl (C=O) groups is 1. The maximum absolute atomic E-state index is 11.8. The normalized spacial score (nSPS) is 30.1. The van der Waals surface area contributed by atoms with Gasteiger partial charge in [0.05, 0.1) is 12.3 Å². The molecule has 1 saturated carbocycles. The predicted octanol–water partition coefficient (Wildman–Crippen LogP) is 3.05. The summed E-state index contributed by atoms with van der Waals surface area (Å²) in [6, 6.07) is 6.99. The van der Waals surface area contributed by atoms with E-state index in [0.29, 0.717) is 6.61 Å². The first-order valence-corrected chi connectivity index (χ1v) is 10.6. The van der Waals surface area contributed by atoms with Gasteiger partial charge in [0.2, 0.25) is 11.7 Å². The highest BCUT2D eigenvalue weighted by Gasteiger charge is 2.43. The zero-order valence-corrected chi connectivity index (χ0v) is 16.7. The molecule has 2 atom stereocenters. The van der Waals surface area contributed by atoms with E-state index in [4.69, 9.17) is 9.47 Å². The molecule has 1 spiro atoms. The number of nitrogens with one attached hydrogen (secondary N) is 1. The van der Waals surface area contributed by atoms with Crippen LogP contribution in [0, 0.1) is 11.8 Å². The topological polar surface area (TPSA) is 63.2 Å². The smallest absolute Gasteiger partial charge is 0.243 e. The fraction of sp³-hybridized carbons (Fsp3) is 0.636. The van der Waals surface area contributed by atoms with E-state index < -0.39 is 5.79 Å². The summed E-state index contributed by atoms with van der Waals surface area (Å²) in [5, 5.41) is 4.31. The number of likely N-dealkylation sites (tertiary alicyclic amines) is 1. The summed E-state index contributed by atoms with van der Waals surface area (Å²) in [7, 11) is 0. The third kappa shape index (κ3) is 3.03. The predicted molar refractivity (Wildman–Crippen MR) is 106 cm³/mol. The zero-order chi connectivity index (χ0) is 19.3. The minimum absolute atomic E-state index is 0.0175. The molecule has 5 rings (SSSR count). The number of ether oxygens (including phenoxy) is 2. The molecule has 1 aliphatic carbocycles. The Morgan fingerprint density at radius 1 is 1.18 bits per heavy atom. The number of fused-ring (bicyclic) bond motifs is 1. The summed E-state index contributed by atoms with van der Waals surface area (Å²) in [4.78, 5) is 14.4. The van der Waals surface area contributed by atoms with E-state index in [-0.39, 0.29) is 17.7 Å². The lowest BCUT2D eigenvalue weighted by molar-refractivity contribution is -0.231. The third-order valence-electron chi connectivity index (χ3n) is 7.18. The number of piperidine rings is 1. The second-order valence-corrected chi connectivity index (χ2v) is 8.80. The number of amides is 1. The molecule has 0 aromatic heterocycles. The Morgan fingerprint density at radius 2 is 1.96 bits per heavy atom. The Bertz CT molecular complexity index is 809. The van der Waals surface area contributed by atoms with Gasteiger partial charge in [-0.05, 0) is 36.6 Å². The molecule has 1 amide bonds. The van der Waals surface area contributed by atoms with E-state index in [2.05, 4.69) is 34.5 Å². The van der Waals surface area contributed by atoms with Crippen molar-refractivity contribution in [1.82, 2.24) is 10.3 Å². The van der Waals surface area contributed by atoms with Crippen molar-refractivity contribution in [3.05, 3.63) is 29.3 Å². The maximum Gasteiger partial charge on any atom is 0.243 e. The number of nitrogens with zero attached hydrogens (tertiary/aromatic N) is 2. The van der Waals surface area contributed by atoms with Crippen molar-refractivity contribution < 1.29 is 14.3 Å². The average molecular weight is 383 g/mol. The van der Waals surface area contributed by atoms with Crippen LogP contribution in [0.3, 0.4) is 0 Å². The fourth-order valence-electron chi connectivity index (χ4n) is 4.73. The Balaban J connectivity index is 1.31. The maximum atomic E-state index is 11.8. The van der Waals surface area contributed by atoms with Gasteiger partial charge in [0.1, 0.15) is 5.75 Å². The first-order chi connectivity index (χ1) is 13.5. The fourth-order valence-corrected chi connectivity index (χ4v) is 4.73. The van der Waals surface area contributed by atoms with E-state index in [1.54, 1.807) is 0 Å². The number of hydrogen-bond acceptors (Lipinski definition) is 5. The summed E-state index contributed by atoms with van der Waals surface area (Å²) in [6.45, 7) is 6.68. The second kappa shape index (κ2) is 6.85. The van der Waals surface area contributed by atoms with Gasteiger partial charge in [-0.2, -0.15) is 5.10 Å². The lowest BCUT2D eigenvalue weighted by Crippen LogP contribution is -2.54. The van der Waals surface area contributed by atoms with Crippen molar-refractivity contribution in [1.29, 1.82) is 0 Å². The van der Waals surface area contributed by atoms with Gasteiger partial charge >= 0.3 is 0 Å². The van der Waals surface area contributed by atoms with Gasteiger partial charge in [0.25, 0.3) is 0 Å². The second-order valence-electron chi connectivity index (χ2n) is 8.80. The highest BCUT2D eigenvalue weighted by atomic mass is 16.7. The summed E-state index contributed by atoms with van der Waals surface area (Å²) >= 11 is 0. The van der Waals surface area contributed by atoms with E-state index in [1.165, 1.54) is 19.3 Å². The standard InChI is InChI=1S/C22H29N3O3/c1-14-15(2)21(26)24-23-20(14)16-6-7-19-17(12-16)13-27-22(28-19)8-10-25(11-9-22)18-4-3-5-18/h6-7,12,14-15,18H,3-5,8-11,13H2,1-2H3,(H,24,26). The Morgan fingerprint density at radius 3 is 2.68 bits per heavy atom. The van der Waals surface area contributed by atoms with Crippen LogP contribution in [0.15, 0.2) is 23.3 Å². The largest absolute Gasteiger partial charge is 0.462 e. The molecule has 1 aromatic rings. The van der Waals surface area contributed by atoms with Gasteiger partial charge in [-0.1, -0.05) is 20.3 Å². The first-order valence-electron chi connectivity index (χ1n) is 10.6. The molecule has 28 heavy (non-hydrogen) atoms. The first kappa shape index (κ1) is 18.1. The average Bonchev–Trinajstić information content (AvgIpc) is 2.67. The lowest BCUT2D eigenvalue weighted by Gasteiger charge is -2.47. The molecule has 2 fully saturated rings. The lowest BCUT2D eigenvalue weighted by atomic mass is 9.85. The summed E-state index contributed by atoms with van der Waals surface area (Å²) < 4.78 is 12.7. The van der Waals surface area contributed by atoms with Gasteiger partial charge in [0.15, 0.2) is 0 Å². The van der Waals surface area contributed by atoms with Crippen LogP contribution in [0.25, 0.3) is 0 Å². The Labute approximate surface area is 166 Å². The van der Waals surface area contributed by atoms with Crippen LogP contribution >= 0.6 is 0 Å². The molecule has 6 nitrogen and oxygen atoms in total. The van der Waals surface area contributed by atoms with Crippen molar-refractivity contribution >= 4 is 11.6 Å². The van der Waals surface area contributed by atoms with Crippen molar-refractivity contribution in [2.24, 2.45) is 16.9 Å². The van der Waals surface area contributed by atoms with Crippen molar-refractivity contribution in [2.75, 3.05) is 13.1 Å². The highest BCUT2D eigenvalue weighted by molar-refractivity contribution is 6.06. The molecule has 1 saturated heterocycles. The Hall–Kier alpha value is -1.92. The number of hydrogen-bond donors (Lipinski definition) is 1. The molecule has 3 aliphatic heterocycles. The zero-order valence-electron chi connectivity index (χ0n) is 16.7. The summed E-state index contributed by atoms with van der Waals surface area (Å²) in [6.07, 6.45) is 5.93. The van der Waals surface area contributed by atoms with Crippen molar-refractivity contribution in [3.8, 4) is 5.75 Å². The van der Waals surface area contributed by atoms with Crippen LogP contribution in [-0.2, 0) is 16.1 Å². The third-order valence-corrected chi connectivity index (χ3v) is 7.18. The number of benzene rings is 1. The van der Waals surface area contributed by atoms with Crippen LogP contribution in [0.4, 0.5) is 0 Å². The van der Waals surface area contributed by atoms with E-state index >= 15 is 0 Å². The van der Waals surface area contributed by atoms with E-state index in [9.17, 15) is 4.79 Å². The van der Waals surface area contributed by atoms with Gasteiger partial charge in [-0.15, -0.1) is 0 Å². The summed E-state index contributed by atoms with van der Waals surface area (Å²) in [5.41, 5.74) is 5.65. The number of carbonyl (C=O) groups excluding carboxylic acids is 1. The molecule has 1 aromatic carbocycles. The van der Waals surface area contributed by atoms with Crippen LogP contribution in [-0.4, -0.2) is 41.4 Å². The van der Waals surface area contributed by atoms with Crippen LogP contribution in [0.1, 0.15) is 57.1 Å². The van der Waals surface area contributed by atoms with Gasteiger partial charge in [-0.25, -0.2) is 5.43 Å². The molecule has 3 heterocycles. The molecule has 0 bridgehead atoms. The Kier molecular flexibility index (Phi) is 4.43. The molecule has 0 radical (unpaired) electrons. The van der Waals surface area contributed by atoms with Gasteiger partial charge in [-0.3, -0.25) is 9.69 Å². The monoisotopic (exact) mass is 383 g/mol. The van der Waals surface area contributed by atoms with Gasteiger partial charge in [0, 0.05) is 49.4 Å². The molecule has 6 heteroatoms. The molecule has 1 N–H and O–H groups in total. The highest BCUT2D eigenvalue weighted by Crippen LogP contribution is 2.40. The van der Waals surface area contributed by atoms with E-state index in [1.807, 2.05) is 13.0 Å². The van der Waals surface area contributed by atoms with E-state index in [0.717, 1.165) is 54.6 Å². The molecule has 150 valence electrons.